The van der Waals surface area contributed by atoms with Crippen molar-refractivity contribution in [1.29, 1.82) is 0 Å². The third kappa shape index (κ3) is 4.97. The molecule has 0 bridgehead atoms. The van der Waals surface area contributed by atoms with Crippen molar-refractivity contribution in [1.82, 2.24) is 19.4 Å². The summed E-state index contributed by atoms with van der Waals surface area (Å²) in [4.78, 5) is 36.4. The average molecular weight is 458 g/mol. The largest absolute Gasteiger partial charge is 0.375 e. The van der Waals surface area contributed by atoms with Gasteiger partial charge in [0.2, 0.25) is 5.91 Å². The van der Waals surface area contributed by atoms with E-state index >= 15 is 0 Å². The van der Waals surface area contributed by atoms with Crippen molar-refractivity contribution < 1.29 is 14.3 Å². The summed E-state index contributed by atoms with van der Waals surface area (Å²) in [6.45, 7) is 0.420. The third-order valence-corrected chi connectivity index (χ3v) is 5.57. The van der Waals surface area contributed by atoms with Crippen LogP contribution in [0.1, 0.15) is 16.1 Å². The van der Waals surface area contributed by atoms with Gasteiger partial charge in [0.15, 0.2) is 0 Å². The van der Waals surface area contributed by atoms with Crippen LogP contribution >= 0.6 is 0 Å². The molecule has 4 aromatic rings. The maximum absolute atomic E-state index is 13.3. The molecule has 2 amide bonds. The number of carbonyl (C=O) groups excluding carboxylic acids is 2. The number of rotatable bonds is 8. The smallest absolute Gasteiger partial charge is 0.253 e. The molecule has 2 aromatic heterocycles. The number of hydrogen-bond donors (Lipinski definition) is 1. The summed E-state index contributed by atoms with van der Waals surface area (Å²) in [5.41, 5.74) is 4.17. The topological polar surface area (TPSA) is 89.3 Å². The maximum Gasteiger partial charge on any atom is 0.253 e. The van der Waals surface area contributed by atoms with Gasteiger partial charge in [-0.1, -0.05) is 36.4 Å². The van der Waals surface area contributed by atoms with Crippen LogP contribution in [-0.4, -0.2) is 58.6 Å². The number of amides is 2. The van der Waals surface area contributed by atoms with E-state index in [1.165, 1.54) is 7.11 Å². The van der Waals surface area contributed by atoms with Gasteiger partial charge in [-0.25, -0.2) is 4.98 Å². The van der Waals surface area contributed by atoms with Crippen molar-refractivity contribution in [2.45, 2.75) is 6.42 Å². The van der Waals surface area contributed by atoms with Crippen molar-refractivity contribution in [3.8, 4) is 11.4 Å². The monoisotopic (exact) mass is 457 g/mol. The number of pyridine rings is 1. The first-order valence-electron chi connectivity index (χ1n) is 11.0. The zero-order chi connectivity index (χ0) is 24.1. The molecule has 0 atom stereocenters. The van der Waals surface area contributed by atoms with Crippen LogP contribution in [0.25, 0.3) is 22.4 Å². The lowest BCUT2D eigenvalue weighted by molar-refractivity contribution is -0.119. The van der Waals surface area contributed by atoms with E-state index < -0.39 is 0 Å². The molecule has 2 aromatic carbocycles. The molecule has 8 heteroatoms. The fourth-order valence-electron chi connectivity index (χ4n) is 3.88. The Labute approximate surface area is 198 Å². The summed E-state index contributed by atoms with van der Waals surface area (Å²) in [5.74, 6) is 0.275. The van der Waals surface area contributed by atoms with Gasteiger partial charge in [-0.2, -0.15) is 0 Å². The second-order valence-corrected chi connectivity index (χ2v) is 8.03. The summed E-state index contributed by atoms with van der Waals surface area (Å²) in [7, 11) is 5.11. The Hall–Kier alpha value is -4.04. The minimum atomic E-state index is -0.306. The molecule has 0 aliphatic carbocycles. The minimum Gasteiger partial charge on any atom is -0.375 e. The first-order chi connectivity index (χ1) is 16.5. The molecule has 0 unspecified atom stereocenters. The molecular weight excluding hydrogens is 430 g/mol. The highest BCUT2D eigenvalue weighted by molar-refractivity contribution is 6.06. The SMILES string of the molecule is COCC(=O)Nc1cc(C(=O)N(C)CCc2ccccn2)cc2nc(-c3ccccc3)n(C)c12. The molecule has 0 aliphatic heterocycles. The van der Waals surface area contributed by atoms with Crippen LogP contribution in [-0.2, 0) is 23.0 Å². The van der Waals surface area contributed by atoms with Crippen LogP contribution in [0.3, 0.4) is 0 Å². The van der Waals surface area contributed by atoms with Gasteiger partial charge in [-0.15, -0.1) is 0 Å². The molecular formula is C26H27N5O3. The van der Waals surface area contributed by atoms with Crippen LogP contribution in [0.15, 0.2) is 66.9 Å². The fourth-order valence-corrected chi connectivity index (χ4v) is 3.88. The zero-order valence-electron chi connectivity index (χ0n) is 19.5. The number of imidazole rings is 1. The van der Waals surface area contributed by atoms with Crippen molar-refractivity contribution in [3.63, 3.8) is 0 Å². The number of benzene rings is 2. The second-order valence-electron chi connectivity index (χ2n) is 8.03. The summed E-state index contributed by atoms with van der Waals surface area (Å²) >= 11 is 0. The Morgan fingerprint density at radius 1 is 1.09 bits per heavy atom. The lowest BCUT2D eigenvalue weighted by Gasteiger charge is -2.18. The van der Waals surface area contributed by atoms with E-state index in [-0.39, 0.29) is 18.4 Å². The van der Waals surface area contributed by atoms with Gasteiger partial charge >= 0.3 is 0 Å². The van der Waals surface area contributed by atoms with Gasteiger partial charge in [-0.3, -0.25) is 14.6 Å². The summed E-state index contributed by atoms with van der Waals surface area (Å²) < 4.78 is 6.89. The number of methoxy groups -OCH3 is 1. The number of nitrogens with one attached hydrogen (secondary N) is 1. The number of aryl methyl sites for hydroxylation is 1. The maximum atomic E-state index is 13.3. The number of nitrogens with zero attached hydrogens (tertiary/aromatic N) is 4. The van der Waals surface area contributed by atoms with Gasteiger partial charge in [0.05, 0.1) is 16.7 Å². The molecule has 2 heterocycles. The molecule has 0 radical (unpaired) electrons. The molecule has 34 heavy (non-hydrogen) atoms. The predicted molar refractivity (Wildman–Crippen MR) is 132 cm³/mol. The van der Waals surface area contributed by atoms with E-state index in [0.717, 1.165) is 22.6 Å². The van der Waals surface area contributed by atoms with Gasteiger partial charge < -0.3 is 19.5 Å². The van der Waals surface area contributed by atoms with E-state index in [9.17, 15) is 9.59 Å². The molecule has 0 aliphatic rings. The van der Waals surface area contributed by atoms with E-state index in [4.69, 9.17) is 9.72 Å². The van der Waals surface area contributed by atoms with Gasteiger partial charge in [0, 0.05) is 57.2 Å². The Kier molecular flexibility index (Phi) is 6.98. The fraction of sp³-hybridized carbons (Fsp3) is 0.231. The number of likely N-dealkylation sites (N-methyl/N-ethyl adjacent to an activating group) is 1. The molecule has 0 spiro atoms. The normalized spacial score (nSPS) is 10.9. The third-order valence-electron chi connectivity index (χ3n) is 5.57. The number of anilines is 1. The minimum absolute atomic E-state index is 0.0902. The number of aromatic nitrogens is 3. The van der Waals surface area contributed by atoms with Gasteiger partial charge in [0.1, 0.15) is 12.4 Å². The summed E-state index contributed by atoms with van der Waals surface area (Å²) in [6, 6.07) is 19.0. The molecule has 174 valence electrons. The van der Waals surface area contributed by atoms with Crippen LogP contribution in [0.4, 0.5) is 5.69 Å². The van der Waals surface area contributed by atoms with E-state index in [2.05, 4.69) is 10.3 Å². The highest BCUT2D eigenvalue weighted by atomic mass is 16.5. The predicted octanol–water partition coefficient (Wildman–Crippen LogP) is 3.53. The van der Waals surface area contributed by atoms with Crippen LogP contribution in [0.5, 0.6) is 0 Å². The Morgan fingerprint density at radius 2 is 1.85 bits per heavy atom. The first kappa shape index (κ1) is 23.1. The highest BCUT2D eigenvalue weighted by Crippen LogP contribution is 2.30. The molecule has 0 fully saturated rings. The average Bonchev–Trinajstić information content (AvgIpc) is 3.20. The Morgan fingerprint density at radius 3 is 2.56 bits per heavy atom. The first-order valence-corrected chi connectivity index (χ1v) is 11.0. The van der Waals surface area contributed by atoms with Crippen LogP contribution < -0.4 is 5.32 Å². The standard InChI is InChI=1S/C26H27N5O3/c1-30(14-12-20-11-7-8-13-27-20)26(33)19-15-21(28-23(32)17-34-3)24-22(16-19)29-25(31(24)2)18-9-5-4-6-10-18/h4-11,13,15-16H,12,14,17H2,1-3H3,(H,28,32). The van der Waals surface area contributed by atoms with Gasteiger partial charge in [0.25, 0.3) is 5.91 Å². The van der Waals surface area contributed by atoms with Crippen LogP contribution in [0, 0.1) is 0 Å². The Bertz CT molecular complexity index is 1300. The zero-order valence-corrected chi connectivity index (χ0v) is 19.5. The molecule has 8 nitrogen and oxygen atoms in total. The molecule has 4 rings (SSSR count). The van der Waals surface area contributed by atoms with E-state index in [1.54, 1.807) is 30.3 Å². The van der Waals surface area contributed by atoms with E-state index in [1.807, 2.05) is 60.1 Å². The van der Waals surface area contributed by atoms with E-state index in [0.29, 0.717) is 29.7 Å². The lowest BCUT2D eigenvalue weighted by Crippen LogP contribution is -2.29. The second kappa shape index (κ2) is 10.3. The van der Waals surface area contributed by atoms with Crippen LogP contribution in [0.2, 0.25) is 0 Å². The summed E-state index contributed by atoms with van der Waals surface area (Å²) in [6.07, 6.45) is 2.38. The quantitative estimate of drug-likeness (QED) is 0.437. The van der Waals surface area contributed by atoms with Crippen molar-refractivity contribution in [2.75, 3.05) is 32.6 Å². The molecule has 0 saturated heterocycles. The molecule has 1 N–H and O–H groups in total. The number of hydrogen-bond acceptors (Lipinski definition) is 5. The number of fused-ring (bicyclic) bond motifs is 1. The van der Waals surface area contributed by atoms with Crippen molar-refractivity contribution >= 4 is 28.5 Å². The van der Waals surface area contributed by atoms with Gasteiger partial charge in [-0.05, 0) is 24.3 Å². The van der Waals surface area contributed by atoms with Crippen molar-refractivity contribution in [3.05, 3.63) is 78.1 Å². The Balaban J connectivity index is 1.70. The number of ether oxygens (including phenoxy) is 1. The number of carbonyl (C=O) groups is 2. The summed E-state index contributed by atoms with van der Waals surface area (Å²) in [5, 5.41) is 2.88. The highest BCUT2D eigenvalue weighted by Gasteiger charge is 2.20. The molecule has 0 saturated carbocycles. The van der Waals surface area contributed by atoms with Crippen molar-refractivity contribution in [2.24, 2.45) is 7.05 Å². The lowest BCUT2D eigenvalue weighted by atomic mass is 10.1.